The van der Waals surface area contributed by atoms with E-state index in [0.717, 1.165) is 4.47 Å². The first kappa shape index (κ1) is 10.7. The summed E-state index contributed by atoms with van der Waals surface area (Å²) in [6.45, 7) is -0.462. The number of benzene rings is 1. The third-order valence-electron chi connectivity index (χ3n) is 1.42. The van der Waals surface area contributed by atoms with Crippen LogP contribution < -0.4 is 4.74 Å². The number of aldehydes is 1. The van der Waals surface area contributed by atoms with Gasteiger partial charge >= 0.3 is 0 Å². The lowest BCUT2D eigenvalue weighted by Gasteiger charge is -2.08. The minimum absolute atomic E-state index is 0.340. The van der Waals surface area contributed by atoms with Gasteiger partial charge in [0.1, 0.15) is 5.75 Å². The van der Waals surface area contributed by atoms with Crippen LogP contribution in [0.3, 0.4) is 0 Å². The fourth-order valence-electron chi connectivity index (χ4n) is 0.851. The number of carbonyl (C=O) groups is 1. The SMILES string of the molecule is O=Cc1ccc(Br)c(Br)c1OCO. The first-order valence-corrected chi connectivity index (χ1v) is 4.96. The number of ether oxygens (including phenoxy) is 1. The number of aliphatic hydroxyl groups excluding tert-OH is 1. The minimum atomic E-state index is -0.462. The van der Waals surface area contributed by atoms with Gasteiger partial charge in [-0.15, -0.1) is 0 Å². The van der Waals surface area contributed by atoms with Crippen LogP contribution in [-0.2, 0) is 0 Å². The van der Waals surface area contributed by atoms with Crippen LogP contribution >= 0.6 is 31.9 Å². The van der Waals surface area contributed by atoms with E-state index in [9.17, 15) is 4.79 Å². The summed E-state index contributed by atoms with van der Waals surface area (Å²) in [5.74, 6) is 0.340. The van der Waals surface area contributed by atoms with E-state index in [1.807, 2.05) is 0 Å². The molecule has 5 heteroatoms. The Hall–Kier alpha value is -0.390. The van der Waals surface area contributed by atoms with Crippen LogP contribution in [0.25, 0.3) is 0 Å². The fourth-order valence-corrected chi connectivity index (χ4v) is 1.64. The number of hydrogen-bond acceptors (Lipinski definition) is 3. The third kappa shape index (κ3) is 2.30. The zero-order chi connectivity index (χ0) is 9.84. The maximum absolute atomic E-state index is 10.6. The van der Waals surface area contributed by atoms with Crippen molar-refractivity contribution in [3.05, 3.63) is 26.6 Å². The molecule has 1 aromatic carbocycles. The van der Waals surface area contributed by atoms with Crippen LogP contribution in [0.4, 0.5) is 0 Å². The highest BCUT2D eigenvalue weighted by atomic mass is 79.9. The van der Waals surface area contributed by atoms with Crippen LogP contribution in [0, 0.1) is 0 Å². The second kappa shape index (κ2) is 4.74. The molecule has 0 spiro atoms. The van der Waals surface area contributed by atoms with Crippen molar-refractivity contribution in [2.75, 3.05) is 6.79 Å². The Balaban J connectivity index is 3.23. The van der Waals surface area contributed by atoms with E-state index in [-0.39, 0.29) is 0 Å². The maximum atomic E-state index is 10.6. The maximum Gasteiger partial charge on any atom is 0.186 e. The van der Waals surface area contributed by atoms with E-state index in [1.165, 1.54) is 0 Å². The molecule has 0 saturated carbocycles. The molecule has 0 aliphatic carbocycles. The average molecular weight is 310 g/mol. The first-order chi connectivity index (χ1) is 6.20. The van der Waals surface area contributed by atoms with Gasteiger partial charge in [0.25, 0.3) is 0 Å². The summed E-state index contributed by atoms with van der Waals surface area (Å²) >= 11 is 6.49. The van der Waals surface area contributed by atoms with Gasteiger partial charge < -0.3 is 9.84 Å². The van der Waals surface area contributed by atoms with Crippen molar-refractivity contribution >= 4 is 38.1 Å². The van der Waals surface area contributed by atoms with Gasteiger partial charge in [-0.3, -0.25) is 4.79 Å². The molecule has 70 valence electrons. The summed E-state index contributed by atoms with van der Waals surface area (Å²) in [4.78, 5) is 10.6. The van der Waals surface area contributed by atoms with Gasteiger partial charge in [-0.05, 0) is 44.0 Å². The molecule has 0 bridgehead atoms. The number of halogens is 2. The van der Waals surface area contributed by atoms with Crippen LogP contribution in [0.1, 0.15) is 10.4 Å². The summed E-state index contributed by atoms with van der Waals surface area (Å²) in [6.07, 6.45) is 0.669. The Labute approximate surface area is 92.0 Å². The van der Waals surface area contributed by atoms with Crippen molar-refractivity contribution < 1.29 is 14.6 Å². The summed E-state index contributed by atoms with van der Waals surface area (Å²) < 4.78 is 6.27. The van der Waals surface area contributed by atoms with Crippen molar-refractivity contribution in [2.45, 2.75) is 0 Å². The molecule has 1 N–H and O–H groups in total. The molecule has 0 amide bonds. The van der Waals surface area contributed by atoms with Crippen LogP contribution in [-0.4, -0.2) is 18.2 Å². The lowest BCUT2D eigenvalue weighted by atomic mass is 10.2. The van der Waals surface area contributed by atoms with Gasteiger partial charge in [-0.2, -0.15) is 0 Å². The van der Waals surface area contributed by atoms with Gasteiger partial charge in [-0.25, -0.2) is 0 Å². The molecule has 13 heavy (non-hydrogen) atoms. The zero-order valence-corrected chi connectivity index (χ0v) is 9.63. The van der Waals surface area contributed by atoms with Gasteiger partial charge in [0, 0.05) is 4.47 Å². The summed E-state index contributed by atoms with van der Waals surface area (Å²) in [6, 6.07) is 3.32. The van der Waals surface area contributed by atoms with Gasteiger partial charge in [0.05, 0.1) is 10.0 Å². The Morgan fingerprint density at radius 2 is 2.15 bits per heavy atom. The Morgan fingerprint density at radius 1 is 1.46 bits per heavy atom. The van der Waals surface area contributed by atoms with Crippen molar-refractivity contribution in [1.82, 2.24) is 0 Å². The number of carbonyl (C=O) groups excluding carboxylic acids is 1. The van der Waals surface area contributed by atoms with Crippen molar-refractivity contribution in [3.63, 3.8) is 0 Å². The van der Waals surface area contributed by atoms with Gasteiger partial charge in [-0.1, -0.05) is 0 Å². The second-order valence-electron chi connectivity index (χ2n) is 2.17. The molecule has 0 fully saturated rings. The van der Waals surface area contributed by atoms with E-state index in [2.05, 4.69) is 31.9 Å². The average Bonchev–Trinajstić information content (AvgIpc) is 2.14. The number of aliphatic hydroxyl groups is 1. The lowest BCUT2D eigenvalue weighted by Crippen LogP contribution is -1.99. The first-order valence-electron chi connectivity index (χ1n) is 3.37. The Bertz CT molecular complexity index is 325. The van der Waals surface area contributed by atoms with E-state index in [0.29, 0.717) is 22.1 Å². The second-order valence-corrected chi connectivity index (χ2v) is 3.82. The molecule has 0 aliphatic rings. The molecule has 0 saturated heterocycles. The molecular weight excluding hydrogens is 304 g/mol. The van der Waals surface area contributed by atoms with Gasteiger partial charge in [0.2, 0.25) is 0 Å². The van der Waals surface area contributed by atoms with Crippen LogP contribution in [0.15, 0.2) is 21.1 Å². The van der Waals surface area contributed by atoms with E-state index in [1.54, 1.807) is 12.1 Å². The molecule has 0 aliphatic heterocycles. The number of hydrogen-bond donors (Lipinski definition) is 1. The third-order valence-corrected chi connectivity index (χ3v) is 3.40. The van der Waals surface area contributed by atoms with Gasteiger partial charge in [0.15, 0.2) is 13.1 Å². The van der Waals surface area contributed by atoms with Crippen LogP contribution in [0.5, 0.6) is 5.75 Å². The molecule has 0 radical (unpaired) electrons. The topological polar surface area (TPSA) is 46.5 Å². The molecule has 1 aromatic rings. The largest absolute Gasteiger partial charge is 0.466 e. The van der Waals surface area contributed by atoms with Crippen molar-refractivity contribution in [2.24, 2.45) is 0 Å². The Morgan fingerprint density at radius 3 is 2.69 bits per heavy atom. The molecule has 0 aromatic heterocycles. The smallest absolute Gasteiger partial charge is 0.186 e. The molecule has 3 nitrogen and oxygen atoms in total. The van der Waals surface area contributed by atoms with Crippen molar-refractivity contribution in [1.29, 1.82) is 0 Å². The summed E-state index contributed by atoms with van der Waals surface area (Å²) in [5, 5.41) is 8.58. The molecular formula is C8H6Br2O3. The highest BCUT2D eigenvalue weighted by molar-refractivity contribution is 9.13. The lowest BCUT2D eigenvalue weighted by molar-refractivity contribution is 0.0952. The number of rotatable bonds is 3. The van der Waals surface area contributed by atoms with Crippen molar-refractivity contribution in [3.8, 4) is 5.75 Å². The Kier molecular flexibility index (Phi) is 3.90. The highest BCUT2D eigenvalue weighted by Crippen LogP contribution is 2.34. The zero-order valence-electron chi connectivity index (χ0n) is 6.46. The highest BCUT2D eigenvalue weighted by Gasteiger charge is 2.10. The molecule has 0 heterocycles. The normalized spacial score (nSPS) is 9.77. The molecule has 1 rings (SSSR count). The van der Waals surface area contributed by atoms with Crippen LogP contribution in [0.2, 0.25) is 0 Å². The van der Waals surface area contributed by atoms with E-state index in [4.69, 9.17) is 9.84 Å². The summed E-state index contributed by atoms with van der Waals surface area (Å²) in [5.41, 5.74) is 0.393. The molecule has 0 atom stereocenters. The fraction of sp³-hybridized carbons (Fsp3) is 0.125. The molecule has 0 unspecified atom stereocenters. The predicted molar refractivity (Wildman–Crippen MR) is 54.9 cm³/mol. The predicted octanol–water partition coefficient (Wildman–Crippen LogP) is 2.35. The van der Waals surface area contributed by atoms with E-state index >= 15 is 0 Å². The monoisotopic (exact) mass is 308 g/mol. The standard InChI is InChI=1S/C8H6Br2O3/c9-6-2-1-5(3-11)8(7(6)10)13-4-12/h1-3,12H,4H2. The summed E-state index contributed by atoms with van der Waals surface area (Å²) in [7, 11) is 0. The minimum Gasteiger partial charge on any atom is -0.466 e. The quantitative estimate of drug-likeness (QED) is 0.688. The van der Waals surface area contributed by atoms with E-state index < -0.39 is 6.79 Å².